The van der Waals surface area contributed by atoms with Crippen LogP contribution >= 0.6 is 0 Å². The van der Waals surface area contributed by atoms with Crippen molar-refractivity contribution in [2.75, 3.05) is 0 Å². The molecule has 5 nitrogen and oxygen atoms in total. The van der Waals surface area contributed by atoms with E-state index in [1.807, 2.05) is 27.7 Å². The van der Waals surface area contributed by atoms with Gasteiger partial charge in [0.2, 0.25) is 0 Å². The summed E-state index contributed by atoms with van der Waals surface area (Å²) in [6.45, 7) is 4.79. The van der Waals surface area contributed by atoms with Gasteiger partial charge in [-0.05, 0) is 27.7 Å². The predicted molar refractivity (Wildman–Crippen MR) is 71.3 cm³/mol. The van der Waals surface area contributed by atoms with Crippen molar-refractivity contribution in [2.24, 2.45) is 0 Å². The first-order valence-electron chi connectivity index (χ1n) is 6.18. The number of hydrogen-bond donors (Lipinski definition) is 2. The largest absolute Gasteiger partial charge is 0.555 e. The zero-order valence-electron chi connectivity index (χ0n) is 11.5. The summed E-state index contributed by atoms with van der Waals surface area (Å²) in [4.78, 5) is 10.8. The average molecular weight is 265 g/mol. The molecular formula is C13H18BO5-. The Balaban J connectivity index is 2.35. The van der Waals surface area contributed by atoms with Gasteiger partial charge in [0, 0.05) is 11.2 Å². The first kappa shape index (κ1) is 14.1. The fourth-order valence-electron chi connectivity index (χ4n) is 2.11. The summed E-state index contributed by atoms with van der Waals surface area (Å²) in [5.41, 5.74) is -0.705. The lowest BCUT2D eigenvalue weighted by Crippen LogP contribution is -2.51. The maximum atomic E-state index is 10.8. The van der Waals surface area contributed by atoms with Crippen LogP contribution in [0.15, 0.2) is 24.3 Å². The van der Waals surface area contributed by atoms with E-state index in [2.05, 4.69) is 0 Å². The van der Waals surface area contributed by atoms with Crippen LogP contribution in [0.4, 0.5) is 0 Å². The molecule has 0 bridgehead atoms. The molecule has 0 aliphatic carbocycles. The Hall–Kier alpha value is -1.37. The molecule has 0 unspecified atom stereocenters. The van der Waals surface area contributed by atoms with Gasteiger partial charge in [-0.1, -0.05) is 24.3 Å². The fourth-order valence-corrected chi connectivity index (χ4v) is 2.11. The first-order chi connectivity index (χ1) is 8.57. The Morgan fingerprint density at radius 1 is 1.05 bits per heavy atom. The van der Waals surface area contributed by atoms with E-state index in [1.165, 1.54) is 24.3 Å². The minimum Gasteiger partial charge on any atom is -0.555 e. The lowest BCUT2D eigenvalue weighted by Gasteiger charge is -2.36. The highest BCUT2D eigenvalue weighted by molar-refractivity contribution is 6.74. The molecule has 1 aliphatic heterocycles. The fraction of sp³-hybridized carbons (Fsp3) is 0.462. The van der Waals surface area contributed by atoms with Crippen LogP contribution < -0.4 is 5.46 Å². The molecule has 0 atom stereocenters. The van der Waals surface area contributed by atoms with Crippen molar-refractivity contribution in [3.8, 4) is 0 Å². The van der Waals surface area contributed by atoms with Crippen molar-refractivity contribution in [2.45, 2.75) is 38.9 Å². The molecule has 1 aromatic carbocycles. The SMILES string of the molecule is CC1(C)O[B-](O)(c2ccc(C(=O)O)cc2)OC1(C)C. The van der Waals surface area contributed by atoms with Gasteiger partial charge in [0.05, 0.1) is 5.56 Å². The maximum absolute atomic E-state index is 10.8. The molecule has 1 fully saturated rings. The zero-order chi connectivity index (χ0) is 14.5. The van der Waals surface area contributed by atoms with Gasteiger partial charge in [0.25, 0.3) is 0 Å². The van der Waals surface area contributed by atoms with Crippen LogP contribution in [0.1, 0.15) is 38.1 Å². The van der Waals surface area contributed by atoms with E-state index in [0.29, 0.717) is 5.46 Å². The van der Waals surface area contributed by atoms with Gasteiger partial charge < -0.3 is 19.4 Å². The van der Waals surface area contributed by atoms with E-state index in [-0.39, 0.29) is 5.56 Å². The molecule has 2 rings (SSSR count). The molecule has 6 heteroatoms. The minimum absolute atomic E-state index is 0.152. The topological polar surface area (TPSA) is 76.0 Å². The van der Waals surface area contributed by atoms with Gasteiger partial charge >= 0.3 is 12.7 Å². The summed E-state index contributed by atoms with van der Waals surface area (Å²) in [6, 6.07) is 5.87. The molecule has 1 heterocycles. The number of aromatic carboxylic acids is 1. The van der Waals surface area contributed by atoms with Crippen molar-refractivity contribution in [1.82, 2.24) is 0 Å². The quantitative estimate of drug-likeness (QED) is 0.784. The summed E-state index contributed by atoms with van der Waals surface area (Å²) >= 11 is 0. The number of carbonyl (C=O) groups is 1. The van der Waals surface area contributed by atoms with Crippen LogP contribution in [-0.2, 0) is 9.31 Å². The molecular weight excluding hydrogens is 247 g/mol. The van der Waals surface area contributed by atoms with E-state index in [4.69, 9.17) is 14.4 Å². The summed E-state index contributed by atoms with van der Waals surface area (Å²) < 4.78 is 11.4. The Morgan fingerprint density at radius 3 is 1.84 bits per heavy atom. The zero-order valence-corrected chi connectivity index (χ0v) is 11.5. The van der Waals surface area contributed by atoms with E-state index in [1.54, 1.807) is 0 Å². The molecule has 0 amide bonds. The van der Waals surface area contributed by atoms with Crippen LogP contribution in [0.2, 0.25) is 0 Å². The molecule has 104 valence electrons. The van der Waals surface area contributed by atoms with Crippen LogP contribution in [0.25, 0.3) is 0 Å². The molecule has 1 aliphatic rings. The second kappa shape index (κ2) is 4.06. The second-order valence-electron chi connectivity index (χ2n) is 5.86. The van der Waals surface area contributed by atoms with E-state index in [9.17, 15) is 9.82 Å². The summed E-state index contributed by atoms with van der Waals surface area (Å²) in [5, 5.41) is 19.4. The average Bonchev–Trinajstić information content (AvgIpc) is 2.44. The van der Waals surface area contributed by atoms with Crippen molar-refractivity contribution < 1.29 is 24.2 Å². The third-order valence-corrected chi connectivity index (χ3v) is 3.94. The lowest BCUT2D eigenvalue weighted by molar-refractivity contribution is 0.00578. The standard InChI is InChI=1S/C13H18BO5/c1-12(2)13(3,4)19-14(17,18-12)10-7-5-9(6-8-10)11(15)16/h5-8,17H,1-4H3,(H,15,16)/q-1. The molecule has 0 spiro atoms. The van der Waals surface area contributed by atoms with Crippen molar-refractivity contribution >= 4 is 18.2 Å². The third-order valence-electron chi connectivity index (χ3n) is 3.94. The van der Waals surface area contributed by atoms with E-state index >= 15 is 0 Å². The monoisotopic (exact) mass is 265 g/mol. The highest BCUT2D eigenvalue weighted by atomic mass is 16.8. The predicted octanol–water partition coefficient (Wildman–Crippen LogP) is 1.13. The van der Waals surface area contributed by atoms with Crippen LogP contribution in [0, 0.1) is 0 Å². The van der Waals surface area contributed by atoms with Crippen LogP contribution in [0.5, 0.6) is 0 Å². The Labute approximate surface area is 112 Å². The second-order valence-corrected chi connectivity index (χ2v) is 5.86. The molecule has 19 heavy (non-hydrogen) atoms. The van der Waals surface area contributed by atoms with Gasteiger partial charge in [-0.3, -0.25) is 0 Å². The summed E-state index contributed by atoms with van der Waals surface area (Å²) in [6.07, 6.45) is 0. The number of hydrogen-bond acceptors (Lipinski definition) is 4. The van der Waals surface area contributed by atoms with Crippen molar-refractivity contribution in [3.63, 3.8) is 0 Å². The van der Waals surface area contributed by atoms with Gasteiger partial charge in [0.15, 0.2) is 0 Å². The van der Waals surface area contributed by atoms with Gasteiger partial charge in [-0.25, -0.2) is 4.79 Å². The molecule has 0 saturated carbocycles. The number of rotatable bonds is 2. The Kier molecular flexibility index (Phi) is 3.01. The Morgan fingerprint density at radius 2 is 1.47 bits per heavy atom. The molecule has 0 aromatic heterocycles. The van der Waals surface area contributed by atoms with Crippen molar-refractivity contribution in [1.29, 1.82) is 0 Å². The first-order valence-corrected chi connectivity index (χ1v) is 6.18. The number of benzene rings is 1. The maximum Gasteiger partial charge on any atom is 0.408 e. The molecule has 2 N–H and O–H groups in total. The smallest absolute Gasteiger partial charge is 0.408 e. The van der Waals surface area contributed by atoms with E-state index in [0.717, 1.165) is 0 Å². The molecule has 0 radical (unpaired) electrons. The van der Waals surface area contributed by atoms with Gasteiger partial charge in [-0.2, -0.15) is 0 Å². The Bertz CT molecular complexity index is 490. The van der Waals surface area contributed by atoms with Gasteiger partial charge in [-0.15, -0.1) is 5.46 Å². The minimum atomic E-state index is -2.59. The molecule has 1 saturated heterocycles. The van der Waals surface area contributed by atoms with Gasteiger partial charge in [0.1, 0.15) is 0 Å². The third kappa shape index (κ3) is 2.27. The van der Waals surface area contributed by atoms with Crippen molar-refractivity contribution in [3.05, 3.63) is 29.8 Å². The summed E-state index contributed by atoms with van der Waals surface area (Å²) in [5.74, 6) is -1.01. The van der Waals surface area contributed by atoms with Crippen LogP contribution in [-0.4, -0.2) is 34.1 Å². The lowest BCUT2D eigenvalue weighted by atomic mass is 9.70. The highest BCUT2D eigenvalue weighted by Crippen LogP contribution is 2.40. The highest BCUT2D eigenvalue weighted by Gasteiger charge is 2.52. The van der Waals surface area contributed by atoms with Crippen LogP contribution in [0.3, 0.4) is 0 Å². The number of carboxylic acids is 1. The number of carboxylic acid groups (broad SMARTS) is 1. The normalized spacial score (nSPS) is 23.2. The van der Waals surface area contributed by atoms with E-state index < -0.39 is 23.9 Å². The molecule has 1 aromatic rings. The summed E-state index contributed by atoms with van der Waals surface area (Å²) in [7, 11) is 0.